The predicted molar refractivity (Wildman–Crippen MR) is 80.4 cm³/mol. The fourth-order valence-electron chi connectivity index (χ4n) is 2.33. The van der Waals surface area contributed by atoms with E-state index in [4.69, 9.17) is 0 Å². The van der Waals surface area contributed by atoms with Crippen LogP contribution in [-0.4, -0.2) is 41.7 Å². The minimum absolute atomic E-state index is 0.330. The number of nitrogens with one attached hydrogen (secondary N) is 1. The second-order valence-electron chi connectivity index (χ2n) is 4.64. The fourth-order valence-corrected chi connectivity index (χ4v) is 2.76. The number of carboxylic acids is 1. The Morgan fingerprint density at radius 1 is 1.45 bits per heavy atom. The number of carbonyl (C=O) groups is 2. The van der Waals surface area contributed by atoms with E-state index in [2.05, 4.69) is 5.32 Å². The highest BCUT2D eigenvalue weighted by Gasteiger charge is 2.38. The molecule has 0 fully saturated rings. The Kier molecular flexibility index (Phi) is 4.89. The van der Waals surface area contributed by atoms with Crippen LogP contribution >= 0.6 is 11.8 Å². The number of hydrogen-bond donors (Lipinski definition) is 2. The first kappa shape index (κ1) is 14.7. The summed E-state index contributed by atoms with van der Waals surface area (Å²) in [5.41, 5.74) is 1.60. The number of fused-ring (bicyclic) bond motifs is 1. The van der Waals surface area contributed by atoms with Crippen LogP contribution in [0.5, 0.6) is 0 Å². The molecule has 1 aliphatic heterocycles. The van der Waals surface area contributed by atoms with Crippen LogP contribution in [0.15, 0.2) is 24.3 Å². The van der Waals surface area contributed by atoms with E-state index in [1.54, 1.807) is 17.8 Å². The average Bonchev–Trinajstić information content (AvgIpc) is 2.83. The van der Waals surface area contributed by atoms with E-state index < -0.39 is 12.0 Å². The fraction of sp³-hybridized carbons (Fsp3) is 0.429. The zero-order valence-corrected chi connectivity index (χ0v) is 12.2. The topological polar surface area (TPSA) is 69.6 Å². The Morgan fingerprint density at radius 2 is 2.20 bits per heavy atom. The highest BCUT2D eigenvalue weighted by molar-refractivity contribution is 7.98. The Hall–Kier alpha value is -1.69. The standard InChI is InChI=1S/C14H18N2O3S/c1-20-8-4-7-15-14(19)16-11-6-3-2-5-10(11)9-12(16)13(17)18/h2-3,5-6,12H,4,7-9H2,1H3,(H,15,19)(H,17,18)/t12-/m0/s1. The van der Waals surface area contributed by atoms with Crippen LogP contribution in [0.3, 0.4) is 0 Å². The maximum absolute atomic E-state index is 12.2. The molecule has 1 aromatic rings. The van der Waals surface area contributed by atoms with Crippen LogP contribution in [0.4, 0.5) is 10.5 Å². The van der Waals surface area contributed by atoms with Crippen molar-refractivity contribution >= 4 is 29.4 Å². The van der Waals surface area contributed by atoms with Gasteiger partial charge in [0.15, 0.2) is 0 Å². The molecule has 0 spiro atoms. The maximum atomic E-state index is 12.2. The molecule has 20 heavy (non-hydrogen) atoms. The van der Waals surface area contributed by atoms with E-state index in [0.29, 0.717) is 18.7 Å². The third-order valence-corrected chi connectivity index (χ3v) is 3.98. The Bertz CT molecular complexity index is 507. The summed E-state index contributed by atoms with van der Waals surface area (Å²) in [5, 5.41) is 12.1. The minimum Gasteiger partial charge on any atom is -0.480 e. The molecule has 0 radical (unpaired) electrons. The summed E-state index contributed by atoms with van der Waals surface area (Å²) < 4.78 is 0. The average molecular weight is 294 g/mol. The summed E-state index contributed by atoms with van der Waals surface area (Å²) in [6.07, 6.45) is 3.25. The first-order valence-corrected chi connectivity index (χ1v) is 7.91. The van der Waals surface area contributed by atoms with Crippen molar-refractivity contribution in [1.29, 1.82) is 0 Å². The number of carbonyl (C=O) groups excluding carboxylic acids is 1. The summed E-state index contributed by atoms with van der Waals surface area (Å²) in [5.74, 6) is -0.000338. The van der Waals surface area contributed by atoms with Gasteiger partial charge in [0.05, 0.1) is 0 Å². The molecule has 0 saturated carbocycles. The van der Waals surface area contributed by atoms with Gasteiger partial charge in [-0.3, -0.25) is 4.90 Å². The number of rotatable bonds is 5. The van der Waals surface area contributed by atoms with Crippen LogP contribution < -0.4 is 10.2 Å². The molecule has 1 aromatic carbocycles. The maximum Gasteiger partial charge on any atom is 0.327 e. The molecule has 0 aromatic heterocycles. The van der Waals surface area contributed by atoms with Crippen LogP contribution in [0, 0.1) is 0 Å². The number of nitrogens with zero attached hydrogens (tertiary/aromatic N) is 1. The summed E-state index contributed by atoms with van der Waals surface area (Å²) >= 11 is 1.72. The monoisotopic (exact) mass is 294 g/mol. The lowest BCUT2D eigenvalue weighted by atomic mass is 10.1. The number of anilines is 1. The smallest absolute Gasteiger partial charge is 0.327 e. The lowest BCUT2D eigenvalue weighted by Gasteiger charge is -2.23. The highest BCUT2D eigenvalue weighted by Crippen LogP contribution is 2.32. The van der Waals surface area contributed by atoms with Gasteiger partial charge in [-0.15, -0.1) is 0 Å². The number of amides is 2. The molecule has 0 aliphatic carbocycles. The number of aliphatic carboxylic acids is 1. The normalized spacial score (nSPS) is 16.9. The van der Waals surface area contributed by atoms with Gasteiger partial charge in [0.25, 0.3) is 0 Å². The van der Waals surface area contributed by atoms with Crippen molar-refractivity contribution in [3.63, 3.8) is 0 Å². The summed E-state index contributed by atoms with van der Waals surface area (Å²) in [7, 11) is 0. The van der Waals surface area contributed by atoms with Crippen molar-refractivity contribution in [2.75, 3.05) is 23.5 Å². The van der Waals surface area contributed by atoms with Crippen molar-refractivity contribution in [2.45, 2.75) is 18.9 Å². The Morgan fingerprint density at radius 3 is 2.90 bits per heavy atom. The molecule has 1 atom stereocenters. The van der Waals surface area contributed by atoms with E-state index in [1.807, 2.05) is 24.5 Å². The van der Waals surface area contributed by atoms with Gasteiger partial charge >= 0.3 is 12.0 Å². The minimum atomic E-state index is -0.972. The number of carboxylic acid groups (broad SMARTS) is 1. The van der Waals surface area contributed by atoms with Gasteiger partial charge < -0.3 is 10.4 Å². The van der Waals surface area contributed by atoms with Crippen molar-refractivity contribution < 1.29 is 14.7 Å². The van der Waals surface area contributed by atoms with E-state index in [-0.39, 0.29) is 6.03 Å². The second-order valence-corrected chi connectivity index (χ2v) is 5.62. The first-order valence-electron chi connectivity index (χ1n) is 6.52. The summed E-state index contributed by atoms with van der Waals surface area (Å²) in [6, 6.07) is 6.19. The summed E-state index contributed by atoms with van der Waals surface area (Å²) in [6.45, 7) is 0.560. The van der Waals surface area contributed by atoms with Crippen molar-refractivity contribution in [3.05, 3.63) is 29.8 Å². The third kappa shape index (κ3) is 3.07. The molecule has 0 bridgehead atoms. The molecule has 5 nitrogen and oxygen atoms in total. The molecule has 1 heterocycles. The molecule has 0 unspecified atom stereocenters. The number of hydrogen-bond acceptors (Lipinski definition) is 3. The first-order chi connectivity index (χ1) is 9.65. The molecule has 6 heteroatoms. The molecular weight excluding hydrogens is 276 g/mol. The molecule has 2 amide bonds. The molecular formula is C14H18N2O3S. The van der Waals surface area contributed by atoms with E-state index in [1.165, 1.54) is 4.90 Å². The molecule has 0 saturated heterocycles. The lowest BCUT2D eigenvalue weighted by Crippen LogP contribution is -2.48. The zero-order valence-electron chi connectivity index (χ0n) is 11.3. The van der Waals surface area contributed by atoms with Gasteiger partial charge in [0, 0.05) is 18.7 Å². The number of thioether (sulfide) groups is 1. The molecule has 1 aliphatic rings. The van der Waals surface area contributed by atoms with Crippen LogP contribution in [0.25, 0.3) is 0 Å². The van der Waals surface area contributed by atoms with Gasteiger partial charge in [-0.25, -0.2) is 9.59 Å². The van der Waals surface area contributed by atoms with Crippen LogP contribution in [-0.2, 0) is 11.2 Å². The van der Waals surface area contributed by atoms with E-state index in [9.17, 15) is 14.7 Å². The van der Waals surface area contributed by atoms with Crippen LogP contribution in [0.2, 0.25) is 0 Å². The van der Waals surface area contributed by atoms with Gasteiger partial charge in [-0.05, 0) is 30.1 Å². The van der Waals surface area contributed by atoms with Gasteiger partial charge in [0.1, 0.15) is 6.04 Å². The predicted octanol–water partition coefficient (Wildman–Crippen LogP) is 1.97. The Labute approximate surface area is 122 Å². The van der Waals surface area contributed by atoms with Gasteiger partial charge in [-0.2, -0.15) is 11.8 Å². The van der Waals surface area contributed by atoms with E-state index >= 15 is 0 Å². The van der Waals surface area contributed by atoms with Crippen molar-refractivity contribution in [2.24, 2.45) is 0 Å². The number of benzene rings is 1. The Balaban J connectivity index is 2.10. The van der Waals surface area contributed by atoms with Gasteiger partial charge in [0.2, 0.25) is 0 Å². The SMILES string of the molecule is CSCCCNC(=O)N1c2ccccc2C[C@H]1C(=O)O. The third-order valence-electron chi connectivity index (χ3n) is 3.28. The second kappa shape index (κ2) is 6.65. The van der Waals surface area contributed by atoms with Gasteiger partial charge in [-0.1, -0.05) is 18.2 Å². The van der Waals surface area contributed by atoms with Crippen LogP contribution in [0.1, 0.15) is 12.0 Å². The summed E-state index contributed by atoms with van der Waals surface area (Å²) in [4.78, 5) is 24.9. The number of urea groups is 1. The van der Waals surface area contributed by atoms with Crippen molar-refractivity contribution in [3.8, 4) is 0 Å². The lowest BCUT2D eigenvalue weighted by molar-refractivity contribution is -0.138. The largest absolute Gasteiger partial charge is 0.480 e. The zero-order chi connectivity index (χ0) is 14.5. The number of para-hydroxylation sites is 1. The molecule has 2 rings (SSSR count). The quantitative estimate of drug-likeness (QED) is 0.815. The molecule has 108 valence electrons. The molecule has 2 N–H and O–H groups in total. The van der Waals surface area contributed by atoms with E-state index in [0.717, 1.165) is 17.7 Å². The van der Waals surface area contributed by atoms with Crippen molar-refractivity contribution in [1.82, 2.24) is 5.32 Å². The highest BCUT2D eigenvalue weighted by atomic mass is 32.2.